The minimum Gasteiger partial charge on any atom is -0.520 e. The minimum atomic E-state index is -1.04. The predicted octanol–water partition coefficient (Wildman–Crippen LogP) is -1.68. The quantitative estimate of drug-likeness (QED) is 0.130. The number of aliphatic hydroxyl groups is 1. The summed E-state index contributed by atoms with van der Waals surface area (Å²) in [5.74, 6) is -0.410. The van der Waals surface area contributed by atoms with Crippen LogP contribution in [-0.4, -0.2) is 49.7 Å². The maximum Gasteiger partial charge on any atom is 0.244 e. The number of nitrogens with one attached hydrogen (secondary N) is 2. The molecule has 0 aromatic heterocycles. The molecule has 0 aliphatic rings. The molecule has 0 bridgehead atoms. The van der Waals surface area contributed by atoms with E-state index in [1.54, 1.807) is 0 Å². The van der Waals surface area contributed by atoms with Crippen LogP contribution in [0.2, 0.25) is 0 Å². The number of ether oxygens (including phenoxy) is 1. The summed E-state index contributed by atoms with van der Waals surface area (Å²) in [5.41, 5.74) is -1.04. The van der Waals surface area contributed by atoms with Crippen molar-refractivity contribution in [3.05, 3.63) is 0 Å². The number of aliphatic hydroxyl groups excluding tert-OH is 1. The fraction of sp³-hybridized carbons (Fsp3) is 0.667. The summed E-state index contributed by atoms with van der Waals surface area (Å²) < 4.78 is 4.70. The van der Waals surface area contributed by atoms with E-state index < -0.39 is 11.4 Å². The van der Waals surface area contributed by atoms with Crippen LogP contribution in [-0.2, 0) is 19.1 Å². The molecule has 0 heterocycles. The molecule has 7 nitrogen and oxygen atoms in total. The second-order valence-corrected chi connectivity index (χ2v) is 3.04. The zero-order valence-electron chi connectivity index (χ0n) is 9.86. The number of aldehydes is 1. The zero-order valence-corrected chi connectivity index (χ0v) is 12.3. The van der Waals surface area contributed by atoms with Crippen LogP contribution in [0.15, 0.2) is 0 Å². The van der Waals surface area contributed by atoms with Gasteiger partial charge in [0.05, 0.1) is 5.54 Å². The van der Waals surface area contributed by atoms with Crippen molar-refractivity contribution in [2.75, 3.05) is 20.4 Å². The molecular weight excluding hydrogens is 473 g/mol. The molecule has 17 heavy (non-hydrogen) atoms. The van der Waals surface area contributed by atoms with Crippen LogP contribution in [0.1, 0.15) is 13.8 Å². The molecule has 2 amide bonds. The van der Waals surface area contributed by atoms with Gasteiger partial charge in [0.1, 0.15) is 19.6 Å². The Hall–Kier alpha value is -2.47. The molecular formula is C9H17FmN2O5-. The van der Waals surface area contributed by atoms with Gasteiger partial charge in [-0.1, -0.05) is 0 Å². The second-order valence-electron chi connectivity index (χ2n) is 3.04. The van der Waals surface area contributed by atoms with Gasteiger partial charge in [0, 0.05) is 7.11 Å². The van der Waals surface area contributed by atoms with Crippen LogP contribution in [0.3, 0.4) is 0 Å². The van der Waals surface area contributed by atoms with Gasteiger partial charge in [-0.3, -0.25) is 4.79 Å². The van der Waals surface area contributed by atoms with Crippen molar-refractivity contribution in [3.8, 4) is 0 Å². The van der Waals surface area contributed by atoms with E-state index in [0.717, 1.165) is 7.11 Å². The molecule has 0 aromatic rings. The predicted molar refractivity (Wildman–Crippen MR) is 56.1 cm³/mol. The number of hydrogen-bond donors (Lipinski definition) is 3. The number of carbonyl (C=O) groups excluding carboxylic acids is 3. The third-order valence-electron chi connectivity index (χ3n) is 1.45. The van der Waals surface area contributed by atoms with Gasteiger partial charge >= 0.3 is 0 Å². The van der Waals surface area contributed by atoms with Gasteiger partial charge in [0.25, 0.3) is 0 Å². The average Bonchev–Trinajstić information content (AvgIpc) is 2.27. The summed E-state index contributed by atoms with van der Waals surface area (Å²) >= 11 is 0. The number of amides is 2. The molecule has 0 fully saturated rings. The molecule has 0 rings (SSSR count). The Labute approximate surface area is 94.2 Å². The fourth-order valence-corrected chi connectivity index (χ4v) is 0.629. The van der Waals surface area contributed by atoms with E-state index in [1.165, 1.54) is 20.3 Å². The van der Waals surface area contributed by atoms with Crippen molar-refractivity contribution in [2.45, 2.75) is 19.4 Å². The van der Waals surface area contributed by atoms with Crippen molar-refractivity contribution < 1.29 is 24.2 Å². The first-order valence-electron chi connectivity index (χ1n) is 4.43. The van der Waals surface area contributed by atoms with E-state index >= 15 is 0 Å². The van der Waals surface area contributed by atoms with Crippen molar-refractivity contribution in [2.24, 2.45) is 0 Å². The first-order valence-corrected chi connectivity index (χ1v) is 4.43. The van der Waals surface area contributed by atoms with Crippen LogP contribution in [0, 0.1) is 0 Å². The fourth-order valence-electron chi connectivity index (χ4n) is 0.629. The van der Waals surface area contributed by atoms with E-state index in [4.69, 9.17) is 9.84 Å². The summed E-state index contributed by atoms with van der Waals surface area (Å²) in [7, 11) is 1.00. The number of rotatable bonds is 7. The second kappa shape index (κ2) is 11.6. The zero-order chi connectivity index (χ0) is 13.0. The summed E-state index contributed by atoms with van der Waals surface area (Å²) in [6, 6.07) is 0. The van der Waals surface area contributed by atoms with Gasteiger partial charge in [0.2, 0.25) is 5.91 Å². The molecule has 8 heteroatoms. The van der Waals surface area contributed by atoms with E-state index in [1.807, 2.05) is 0 Å². The summed E-state index contributed by atoms with van der Waals surface area (Å²) in [5, 5.41) is 11.6. The Bertz CT molecular complexity index is 223. The van der Waals surface area contributed by atoms with Crippen LogP contribution >= 0.6 is 0 Å². The van der Waals surface area contributed by atoms with Crippen LogP contribution in [0.4, 0.5) is 0 Å². The molecule has 0 aromatic carbocycles. The van der Waals surface area contributed by atoms with E-state index in [-0.39, 0.29) is 13.3 Å². The van der Waals surface area contributed by atoms with Gasteiger partial charge < -0.3 is 30.1 Å². The molecule has 0 spiro atoms. The van der Waals surface area contributed by atoms with Crippen LogP contribution in [0.5, 0.6) is 0 Å². The molecule has 0 aliphatic carbocycles. The maximum atomic E-state index is 11.3. The summed E-state index contributed by atoms with van der Waals surface area (Å²) in [6.07, 6.45) is 2.01. The van der Waals surface area contributed by atoms with E-state index in [9.17, 15) is 14.4 Å². The Morgan fingerprint density at radius 2 is 2.00 bits per heavy atom. The van der Waals surface area contributed by atoms with Gasteiger partial charge in [-0.15, -0.1) is 0 Å². The average molecular weight is 490 g/mol. The molecule has 106 valence electrons. The van der Waals surface area contributed by atoms with Crippen LogP contribution in [0.25, 0.3) is 0 Å². The van der Waals surface area contributed by atoms with Gasteiger partial charge in [-0.05, 0) is 13.8 Å². The third-order valence-corrected chi connectivity index (χ3v) is 1.45. The molecule has 3 N–H and O–H groups in total. The topological polar surface area (TPSA) is 105 Å². The van der Waals surface area contributed by atoms with Crippen LogP contribution < -0.4 is 10.6 Å². The van der Waals surface area contributed by atoms with Crippen molar-refractivity contribution in [3.63, 3.8) is 0 Å². The summed E-state index contributed by atoms with van der Waals surface area (Å²) in [4.78, 5) is 31.2. The van der Waals surface area contributed by atoms with E-state index in [2.05, 4.69) is 10.6 Å². The number of hydrogen-bond acceptors (Lipinski definition) is 5. The Morgan fingerprint density at radius 1 is 1.47 bits per heavy atom. The monoisotopic (exact) mass is 490 g/mol. The molecule has 0 aliphatic heterocycles. The minimum absolute atomic E-state index is 0. The largest absolute Gasteiger partial charge is 0.520 e. The summed E-state index contributed by atoms with van der Waals surface area (Å²) in [6.45, 7) is 2.90. The smallest absolute Gasteiger partial charge is 0.244 e. The Morgan fingerprint density at radius 3 is 2.41 bits per heavy atom. The molecule has 0 saturated heterocycles. The molecule has 0 radical (unpaired) electrons. The van der Waals surface area contributed by atoms with Gasteiger partial charge in [0.15, 0.2) is 0 Å². The molecule has 0 saturated carbocycles. The molecule has 0 atom stereocenters. The standard InChI is InChI=1S/C8H13N2O4.CH4O.Fm/c1-8(2,10-5-12)7(13)9-6-14-4-3-11;1-2;/h3H,4,6H2,1-2H3,(H,9,13)(H,10,12);2H,1H3;/q-1;;. The van der Waals surface area contributed by atoms with Gasteiger partial charge in [-0.25, -0.2) is 0 Å². The SMILES string of the molecule is CC(C)(N[C-]=O)C(=O)NCOCC=O.CO.[Fm]. The maximum absolute atomic E-state index is 11.3. The number of carbonyl (C=O) groups is 2. The van der Waals surface area contributed by atoms with E-state index in [0.29, 0.717) is 6.29 Å². The third kappa shape index (κ3) is 9.83. The van der Waals surface area contributed by atoms with Gasteiger partial charge in [-0.2, -0.15) is 6.41 Å². The Balaban J connectivity index is -0.000000616. The molecule has 0 unspecified atom stereocenters. The Kier molecular flexibility index (Phi) is 13.7. The normalized spacial score (nSPS) is 8.94. The van der Waals surface area contributed by atoms with Crippen molar-refractivity contribution >= 4 is 18.6 Å². The van der Waals surface area contributed by atoms with Crippen molar-refractivity contribution in [1.82, 2.24) is 10.6 Å². The first-order chi connectivity index (χ1) is 7.54. The first kappa shape index (κ1) is 20.0. The van der Waals surface area contributed by atoms with Crippen molar-refractivity contribution in [1.29, 1.82) is 0 Å².